The van der Waals surface area contributed by atoms with Crippen molar-refractivity contribution in [3.8, 4) is 0 Å². The highest BCUT2D eigenvalue weighted by atomic mass is 16.2. The molecule has 1 aliphatic heterocycles. The molecule has 2 amide bonds. The molecule has 21 heavy (non-hydrogen) atoms. The van der Waals surface area contributed by atoms with Crippen LogP contribution < -0.4 is 5.32 Å². The van der Waals surface area contributed by atoms with Gasteiger partial charge in [0.05, 0.1) is 0 Å². The van der Waals surface area contributed by atoms with Gasteiger partial charge in [0, 0.05) is 19.0 Å². The third-order valence-electron chi connectivity index (χ3n) is 4.80. The van der Waals surface area contributed by atoms with Gasteiger partial charge in [-0.05, 0) is 18.3 Å². The van der Waals surface area contributed by atoms with Crippen molar-refractivity contribution in [3.05, 3.63) is 0 Å². The van der Waals surface area contributed by atoms with Gasteiger partial charge in [-0.1, -0.05) is 52.9 Å². The number of nitrogens with zero attached hydrogens (tertiary/aromatic N) is 1. The van der Waals surface area contributed by atoms with E-state index in [1.165, 1.54) is 32.1 Å². The molecular weight excluding hydrogens is 264 g/mol. The molecule has 120 valence electrons. The summed E-state index contributed by atoms with van der Waals surface area (Å²) in [6.45, 7) is 6.66. The SMILES string of the molecule is CC(C)(C)C1NC(=O)CCN(C2CCCCCCC2)C1=O. The molecule has 2 rings (SSSR count). The highest BCUT2D eigenvalue weighted by Gasteiger charge is 2.39. The Balaban J connectivity index is 2.16. The average molecular weight is 294 g/mol. The molecule has 0 radical (unpaired) electrons. The van der Waals surface area contributed by atoms with Crippen LogP contribution in [0.15, 0.2) is 0 Å². The lowest BCUT2D eigenvalue weighted by molar-refractivity contribution is -0.138. The van der Waals surface area contributed by atoms with E-state index in [-0.39, 0.29) is 17.2 Å². The minimum atomic E-state index is -0.391. The van der Waals surface area contributed by atoms with E-state index in [2.05, 4.69) is 5.32 Å². The normalized spacial score (nSPS) is 26.8. The van der Waals surface area contributed by atoms with Gasteiger partial charge in [0.25, 0.3) is 0 Å². The number of nitrogens with one attached hydrogen (secondary N) is 1. The lowest BCUT2D eigenvalue weighted by atomic mass is 9.85. The summed E-state index contributed by atoms with van der Waals surface area (Å²) in [5, 5.41) is 2.94. The average Bonchev–Trinajstić information content (AvgIpc) is 2.49. The highest BCUT2D eigenvalue weighted by molar-refractivity contribution is 5.90. The Morgan fingerprint density at radius 1 is 1.00 bits per heavy atom. The van der Waals surface area contributed by atoms with Crippen LogP contribution in [0.4, 0.5) is 0 Å². The second kappa shape index (κ2) is 6.80. The topological polar surface area (TPSA) is 49.4 Å². The summed E-state index contributed by atoms with van der Waals surface area (Å²) in [7, 11) is 0. The Morgan fingerprint density at radius 2 is 1.57 bits per heavy atom. The molecule has 1 aliphatic carbocycles. The smallest absolute Gasteiger partial charge is 0.245 e. The molecule has 0 aromatic carbocycles. The first kappa shape index (κ1) is 16.3. The highest BCUT2D eigenvalue weighted by Crippen LogP contribution is 2.27. The molecule has 4 nitrogen and oxygen atoms in total. The van der Waals surface area contributed by atoms with E-state index in [1.807, 2.05) is 25.7 Å². The molecule has 1 N–H and O–H groups in total. The largest absolute Gasteiger partial charge is 0.344 e. The third kappa shape index (κ3) is 4.21. The molecule has 1 saturated heterocycles. The third-order valence-corrected chi connectivity index (χ3v) is 4.80. The number of rotatable bonds is 1. The maximum Gasteiger partial charge on any atom is 0.245 e. The zero-order valence-corrected chi connectivity index (χ0v) is 13.8. The molecule has 4 heteroatoms. The van der Waals surface area contributed by atoms with Gasteiger partial charge in [0.2, 0.25) is 11.8 Å². The van der Waals surface area contributed by atoms with Crippen molar-refractivity contribution in [2.45, 2.75) is 84.2 Å². The lowest BCUT2D eigenvalue weighted by Gasteiger charge is -2.37. The van der Waals surface area contributed by atoms with Crippen molar-refractivity contribution in [2.24, 2.45) is 5.41 Å². The van der Waals surface area contributed by atoms with Crippen molar-refractivity contribution in [1.82, 2.24) is 10.2 Å². The monoisotopic (exact) mass is 294 g/mol. The van der Waals surface area contributed by atoms with Crippen LogP contribution in [0.25, 0.3) is 0 Å². The van der Waals surface area contributed by atoms with E-state index < -0.39 is 6.04 Å². The van der Waals surface area contributed by atoms with E-state index in [0.717, 1.165) is 12.8 Å². The summed E-state index contributed by atoms with van der Waals surface area (Å²) in [6, 6.07) is -0.0618. The van der Waals surface area contributed by atoms with Gasteiger partial charge in [-0.15, -0.1) is 0 Å². The van der Waals surface area contributed by atoms with E-state index in [9.17, 15) is 9.59 Å². The van der Waals surface area contributed by atoms with E-state index in [0.29, 0.717) is 19.0 Å². The fourth-order valence-corrected chi connectivity index (χ4v) is 3.49. The van der Waals surface area contributed by atoms with E-state index in [4.69, 9.17) is 0 Å². The maximum atomic E-state index is 12.9. The summed E-state index contributed by atoms with van der Waals surface area (Å²) in [5.74, 6) is 0.135. The zero-order valence-electron chi connectivity index (χ0n) is 13.8. The maximum absolute atomic E-state index is 12.9. The standard InChI is InChI=1S/C17H30N2O2/c1-17(2,3)15-16(21)19(12-11-14(20)18-15)13-9-7-5-4-6-8-10-13/h13,15H,4-12H2,1-3H3,(H,18,20). The second-order valence-corrected chi connectivity index (χ2v) is 7.65. The second-order valence-electron chi connectivity index (χ2n) is 7.65. The van der Waals surface area contributed by atoms with Crippen LogP contribution in [0.1, 0.15) is 72.1 Å². The minimum absolute atomic E-state index is 0.0108. The molecule has 0 aromatic heterocycles. The van der Waals surface area contributed by atoms with Crippen LogP contribution in [0.2, 0.25) is 0 Å². The molecule has 0 spiro atoms. The fourth-order valence-electron chi connectivity index (χ4n) is 3.49. The van der Waals surface area contributed by atoms with Crippen molar-refractivity contribution in [1.29, 1.82) is 0 Å². The fraction of sp³-hybridized carbons (Fsp3) is 0.882. The minimum Gasteiger partial charge on any atom is -0.344 e. The Hall–Kier alpha value is -1.06. The number of hydrogen-bond acceptors (Lipinski definition) is 2. The molecule has 2 aliphatic rings. The molecule has 0 bridgehead atoms. The van der Waals surface area contributed by atoms with Crippen LogP contribution in [0, 0.1) is 5.41 Å². The summed E-state index contributed by atoms with van der Waals surface area (Å²) < 4.78 is 0. The van der Waals surface area contributed by atoms with Gasteiger partial charge in [-0.25, -0.2) is 0 Å². The lowest BCUT2D eigenvalue weighted by Crippen LogP contribution is -2.54. The Labute approximate surface area is 128 Å². The predicted molar refractivity (Wildman–Crippen MR) is 83.8 cm³/mol. The van der Waals surface area contributed by atoms with Gasteiger partial charge < -0.3 is 10.2 Å². The summed E-state index contributed by atoms with van der Waals surface area (Å²) in [4.78, 5) is 26.9. The van der Waals surface area contributed by atoms with Gasteiger partial charge in [0.15, 0.2) is 0 Å². The van der Waals surface area contributed by atoms with Crippen LogP contribution in [-0.4, -0.2) is 35.3 Å². The molecule has 2 fully saturated rings. The van der Waals surface area contributed by atoms with Crippen molar-refractivity contribution >= 4 is 11.8 Å². The number of carbonyl (C=O) groups is 2. The van der Waals surface area contributed by atoms with Crippen LogP contribution >= 0.6 is 0 Å². The van der Waals surface area contributed by atoms with Crippen LogP contribution in [0.5, 0.6) is 0 Å². The molecule has 1 heterocycles. The molecule has 1 unspecified atom stereocenters. The number of carbonyl (C=O) groups excluding carboxylic acids is 2. The van der Waals surface area contributed by atoms with Crippen molar-refractivity contribution < 1.29 is 9.59 Å². The summed E-state index contributed by atoms with van der Waals surface area (Å²) >= 11 is 0. The summed E-state index contributed by atoms with van der Waals surface area (Å²) in [5.41, 5.74) is -0.239. The number of hydrogen-bond donors (Lipinski definition) is 1. The molecule has 0 aromatic rings. The zero-order chi connectivity index (χ0) is 15.5. The Bertz CT molecular complexity index is 379. The van der Waals surface area contributed by atoms with Gasteiger partial charge in [-0.2, -0.15) is 0 Å². The van der Waals surface area contributed by atoms with E-state index >= 15 is 0 Å². The van der Waals surface area contributed by atoms with Crippen LogP contribution in [-0.2, 0) is 9.59 Å². The van der Waals surface area contributed by atoms with Gasteiger partial charge >= 0.3 is 0 Å². The molecule has 1 atom stereocenters. The Morgan fingerprint density at radius 3 is 2.14 bits per heavy atom. The van der Waals surface area contributed by atoms with Crippen molar-refractivity contribution in [2.75, 3.05) is 6.54 Å². The van der Waals surface area contributed by atoms with Crippen molar-refractivity contribution in [3.63, 3.8) is 0 Å². The first-order valence-electron chi connectivity index (χ1n) is 8.49. The predicted octanol–water partition coefficient (Wildman–Crippen LogP) is 2.86. The van der Waals surface area contributed by atoms with Gasteiger partial charge in [-0.3, -0.25) is 9.59 Å². The quantitative estimate of drug-likeness (QED) is 0.808. The first-order valence-corrected chi connectivity index (χ1v) is 8.49. The molecular formula is C17H30N2O2. The van der Waals surface area contributed by atoms with E-state index in [1.54, 1.807) is 0 Å². The number of amides is 2. The van der Waals surface area contributed by atoms with Gasteiger partial charge in [0.1, 0.15) is 6.04 Å². The van der Waals surface area contributed by atoms with Crippen LogP contribution in [0.3, 0.4) is 0 Å². The first-order chi connectivity index (χ1) is 9.89. The Kier molecular flexibility index (Phi) is 5.28. The molecule has 1 saturated carbocycles. The summed E-state index contributed by atoms with van der Waals surface area (Å²) in [6.07, 6.45) is 8.91.